The second kappa shape index (κ2) is 12.4. The number of carbonyl (C=O) groups is 2. The number of rotatable bonds is 8. The first-order valence-electron chi connectivity index (χ1n) is 12.5. The van der Waals surface area contributed by atoms with Crippen LogP contribution in [0.3, 0.4) is 0 Å². The van der Waals surface area contributed by atoms with Crippen LogP contribution in [0.2, 0.25) is 0 Å². The van der Waals surface area contributed by atoms with Crippen LogP contribution in [0.5, 0.6) is 0 Å². The van der Waals surface area contributed by atoms with Gasteiger partial charge in [-0.15, -0.1) is 0 Å². The van der Waals surface area contributed by atoms with Crippen LogP contribution in [0.15, 0.2) is 65.6 Å². The average molecular weight is 531 g/mol. The van der Waals surface area contributed by atoms with Gasteiger partial charge in [0.05, 0.1) is 17.4 Å². The third kappa shape index (κ3) is 8.30. The highest BCUT2D eigenvalue weighted by atomic mass is 32.2. The summed E-state index contributed by atoms with van der Waals surface area (Å²) in [5.74, 6) is -0.837. The molecule has 202 valence electrons. The third-order valence-electron chi connectivity index (χ3n) is 5.75. The molecule has 1 aliphatic rings. The van der Waals surface area contributed by atoms with Crippen molar-refractivity contribution in [2.45, 2.75) is 82.9 Å². The summed E-state index contributed by atoms with van der Waals surface area (Å²) < 4.78 is 23.9. The topological polar surface area (TPSA) is 91.3 Å². The van der Waals surface area contributed by atoms with Crippen molar-refractivity contribution >= 4 is 23.7 Å². The van der Waals surface area contributed by atoms with E-state index in [2.05, 4.69) is 0 Å². The number of thioether (sulfide) groups is 1. The first-order chi connectivity index (χ1) is 17.4. The van der Waals surface area contributed by atoms with Gasteiger partial charge in [-0.25, -0.2) is 0 Å². The summed E-state index contributed by atoms with van der Waals surface area (Å²) in [6.07, 6.45) is -3.91. The zero-order chi connectivity index (χ0) is 27.2. The Balaban J connectivity index is 1.91. The monoisotopic (exact) mass is 530 g/mol. The molecule has 0 saturated carbocycles. The fourth-order valence-electron chi connectivity index (χ4n) is 3.51. The molecule has 5 atom stereocenters. The minimum atomic E-state index is -1.21. The van der Waals surface area contributed by atoms with Gasteiger partial charge in [0.25, 0.3) is 0 Å². The van der Waals surface area contributed by atoms with Crippen LogP contribution in [-0.2, 0) is 35.1 Å². The first kappa shape index (κ1) is 29.2. The van der Waals surface area contributed by atoms with Gasteiger partial charge >= 0.3 is 11.9 Å². The lowest BCUT2D eigenvalue weighted by atomic mass is 9.95. The number of aliphatic hydroxyl groups is 1. The van der Waals surface area contributed by atoms with Crippen LogP contribution in [0.4, 0.5) is 0 Å². The molecular weight excluding hydrogens is 492 g/mol. The number of hydrogen-bond donors (Lipinski definition) is 1. The van der Waals surface area contributed by atoms with E-state index in [4.69, 9.17) is 18.9 Å². The Morgan fingerprint density at radius 3 is 2.00 bits per heavy atom. The van der Waals surface area contributed by atoms with Crippen LogP contribution in [0.1, 0.15) is 47.1 Å². The van der Waals surface area contributed by atoms with Crippen molar-refractivity contribution in [1.82, 2.24) is 0 Å². The van der Waals surface area contributed by atoms with Gasteiger partial charge in [-0.05, 0) is 59.2 Å². The van der Waals surface area contributed by atoms with Gasteiger partial charge in [0, 0.05) is 4.90 Å². The average Bonchev–Trinajstić information content (AvgIpc) is 2.84. The Hall–Kier alpha value is -2.39. The van der Waals surface area contributed by atoms with Gasteiger partial charge in [-0.3, -0.25) is 9.59 Å². The van der Waals surface area contributed by atoms with Crippen LogP contribution in [0.25, 0.3) is 0 Å². The zero-order valence-corrected chi connectivity index (χ0v) is 23.2. The van der Waals surface area contributed by atoms with E-state index < -0.39 is 52.6 Å². The van der Waals surface area contributed by atoms with Crippen molar-refractivity contribution in [3.8, 4) is 0 Å². The molecule has 1 N–H and O–H groups in total. The molecule has 37 heavy (non-hydrogen) atoms. The molecule has 0 aliphatic carbocycles. The van der Waals surface area contributed by atoms with Crippen molar-refractivity contribution in [3.63, 3.8) is 0 Å². The lowest BCUT2D eigenvalue weighted by molar-refractivity contribution is -0.238. The summed E-state index contributed by atoms with van der Waals surface area (Å²) in [4.78, 5) is 26.3. The maximum absolute atomic E-state index is 13.0. The molecule has 1 fully saturated rings. The Morgan fingerprint density at radius 2 is 1.43 bits per heavy atom. The quantitative estimate of drug-likeness (QED) is 0.477. The normalized spacial score (nSPS) is 24.4. The Labute approximate surface area is 223 Å². The second-order valence-electron chi connectivity index (χ2n) is 11.2. The standard InChI is InChI=1S/C29H38O7S/c1-28(2,3)26(31)34-18-21-22(30)23(33-17-19-13-9-7-10-14-19)24(36-27(32)29(4,5)6)25(35-21)37-20-15-11-8-12-16-20/h7-16,21-25,30H,17-18H2,1-6H3/t21-,22-,23+,24-,25+/m1/s1. The summed E-state index contributed by atoms with van der Waals surface area (Å²) in [6, 6.07) is 19.1. The Bertz CT molecular complexity index is 1010. The van der Waals surface area contributed by atoms with E-state index in [-0.39, 0.29) is 13.2 Å². The molecule has 1 heterocycles. The number of aliphatic hydroxyl groups excluding tert-OH is 1. The number of carbonyl (C=O) groups excluding carboxylic acids is 2. The van der Waals surface area contributed by atoms with Crippen LogP contribution in [0, 0.1) is 10.8 Å². The number of esters is 2. The Kier molecular flexibility index (Phi) is 9.80. The maximum atomic E-state index is 13.0. The zero-order valence-electron chi connectivity index (χ0n) is 22.4. The maximum Gasteiger partial charge on any atom is 0.311 e. The highest BCUT2D eigenvalue weighted by molar-refractivity contribution is 7.99. The lowest BCUT2D eigenvalue weighted by Gasteiger charge is -2.44. The number of hydrogen-bond acceptors (Lipinski definition) is 8. The van der Waals surface area contributed by atoms with E-state index in [9.17, 15) is 14.7 Å². The molecule has 1 saturated heterocycles. The third-order valence-corrected chi connectivity index (χ3v) is 6.90. The van der Waals surface area contributed by atoms with E-state index in [0.717, 1.165) is 10.5 Å². The van der Waals surface area contributed by atoms with Gasteiger partial charge in [-0.1, -0.05) is 60.3 Å². The number of benzene rings is 2. The summed E-state index contributed by atoms with van der Waals surface area (Å²) >= 11 is 1.37. The van der Waals surface area contributed by atoms with Gasteiger partial charge in [0.2, 0.25) is 0 Å². The summed E-state index contributed by atoms with van der Waals surface area (Å²) in [5, 5.41) is 11.4. The minimum Gasteiger partial charge on any atom is -0.462 e. The lowest BCUT2D eigenvalue weighted by Crippen LogP contribution is -2.60. The van der Waals surface area contributed by atoms with Gasteiger partial charge in [-0.2, -0.15) is 0 Å². The molecule has 8 heteroatoms. The molecule has 2 aromatic rings. The minimum absolute atomic E-state index is 0.158. The highest BCUT2D eigenvalue weighted by Gasteiger charge is 2.50. The predicted octanol–water partition coefficient (Wildman–Crippen LogP) is 5.00. The molecule has 3 rings (SSSR count). The second-order valence-corrected chi connectivity index (χ2v) is 12.4. The van der Waals surface area contributed by atoms with Gasteiger partial charge in [0.1, 0.15) is 30.4 Å². The molecule has 0 bridgehead atoms. The molecule has 0 spiro atoms. The van der Waals surface area contributed by atoms with E-state index in [1.807, 2.05) is 60.7 Å². The molecule has 0 aromatic heterocycles. The van der Waals surface area contributed by atoms with Crippen molar-refractivity contribution in [3.05, 3.63) is 66.2 Å². The molecule has 1 aliphatic heterocycles. The SMILES string of the molecule is CC(C)(C)C(=O)OC[C@H]1O[C@@H](Sc2ccccc2)[C@H](OC(=O)C(C)(C)C)[C@@H](OCc2ccccc2)[C@@H]1O. The van der Waals surface area contributed by atoms with Crippen molar-refractivity contribution < 1.29 is 33.6 Å². The van der Waals surface area contributed by atoms with E-state index >= 15 is 0 Å². The van der Waals surface area contributed by atoms with E-state index in [1.54, 1.807) is 41.5 Å². The highest BCUT2D eigenvalue weighted by Crippen LogP contribution is 2.37. The van der Waals surface area contributed by atoms with Gasteiger partial charge in [0.15, 0.2) is 6.10 Å². The first-order valence-corrected chi connectivity index (χ1v) is 13.3. The fraction of sp³-hybridized carbons (Fsp3) is 0.517. The fourth-order valence-corrected chi connectivity index (χ4v) is 4.64. The molecule has 0 unspecified atom stereocenters. The van der Waals surface area contributed by atoms with Crippen LogP contribution < -0.4 is 0 Å². The predicted molar refractivity (Wildman–Crippen MR) is 142 cm³/mol. The summed E-state index contributed by atoms with van der Waals surface area (Å²) in [7, 11) is 0. The van der Waals surface area contributed by atoms with E-state index in [0.29, 0.717) is 0 Å². The molecule has 2 aromatic carbocycles. The van der Waals surface area contributed by atoms with E-state index in [1.165, 1.54) is 11.8 Å². The van der Waals surface area contributed by atoms with Crippen molar-refractivity contribution in [2.24, 2.45) is 10.8 Å². The van der Waals surface area contributed by atoms with Crippen molar-refractivity contribution in [2.75, 3.05) is 6.61 Å². The summed E-state index contributed by atoms with van der Waals surface area (Å²) in [6.45, 7) is 10.6. The molecule has 0 radical (unpaired) electrons. The smallest absolute Gasteiger partial charge is 0.311 e. The van der Waals surface area contributed by atoms with Crippen LogP contribution >= 0.6 is 11.8 Å². The van der Waals surface area contributed by atoms with Crippen molar-refractivity contribution in [1.29, 1.82) is 0 Å². The molecular formula is C29H38O7S. The molecule has 7 nitrogen and oxygen atoms in total. The molecule has 0 amide bonds. The number of ether oxygens (including phenoxy) is 4. The van der Waals surface area contributed by atoms with Gasteiger partial charge < -0.3 is 24.1 Å². The van der Waals surface area contributed by atoms with Crippen LogP contribution in [-0.4, -0.2) is 53.5 Å². The largest absolute Gasteiger partial charge is 0.462 e. The Morgan fingerprint density at radius 1 is 0.865 bits per heavy atom. The summed E-state index contributed by atoms with van der Waals surface area (Å²) in [5.41, 5.74) is -1.27.